The van der Waals surface area contributed by atoms with Crippen LogP contribution in [0.1, 0.15) is 11.1 Å². The monoisotopic (exact) mass is 296 g/mol. The van der Waals surface area contributed by atoms with Crippen LogP contribution in [0.5, 0.6) is 0 Å². The Balaban J connectivity index is 2.06. The molecule has 1 N–H and O–H groups in total. The minimum atomic E-state index is -0.712. The molecule has 2 rings (SSSR count). The second-order valence-corrected chi connectivity index (χ2v) is 4.37. The van der Waals surface area contributed by atoms with Gasteiger partial charge in [-0.25, -0.2) is 13.2 Å². The molecule has 0 saturated heterocycles. The Kier molecular flexibility index (Phi) is 4.54. The van der Waals surface area contributed by atoms with Crippen molar-refractivity contribution < 1.29 is 18.1 Å². The quantitative estimate of drug-likeness (QED) is 0.680. The van der Waals surface area contributed by atoms with Crippen molar-refractivity contribution in [3.8, 4) is 0 Å². The molecule has 2 aromatic rings. The second kappa shape index (κ2) is 6.36. The van der Waals surface area contributed by atoms with Crippen LogP contribution in [0.3, 0.4) is 0 Å². The van der Waals surface area contributed by atoms with Gasteiger partial charge in [-0.2, -0.15) is 0 Å². The van der Waals surface area contributed by atoms with Crippen molar-refractivity contribution in [2.75, 3.05) is 0 Å². The number of halogens is 3. The predicted molar refractivity (Wildman–Crippen MR) is 70.0 cm³/mol. The van der Waals surface area contributed by atoms with Crippen LogP contribution in [-0.2, 0) is 13.1 Å². The highest BCUT2D eigenvalue weighted by atomic mass is 19.1. The van der Waals surface area contributed by atoms with Gasteiger partial charge in [0.15, 0.2) is 0 Å². The summed E-state index contributed by atoms with van der Waals surface area (Å²) in [5.41, 5.74) is 0.154. The first-order valence-corrected chi connectivity index (χ1v) is 6.05. The van der Waals surface area contributed by atoms with E-state index in [2.05, 4.69) is 5.32 Å². The molecule has 0 aliphatic rings. The number of rotatable bonds is 5. The van der Waals surface area contributed by atoms with Crippen LogP contribution in [0.2, 0.25) is 0 Å². The maximum atomic E-state index is 13.4. The van der Waals surface area contributed by atoms with E-state index in [0.29, 0.717) is 0 Å². The Labute approximate surface area is 118 Å². The van der Waals surface area contributed by atoms with Gasteiger partial charge in [0, 0.05) is 36.3 Å². The van der Waals surface area contributed by atoms with Crippen LogP contribution in [0, 0.1) is 27.6 Å². The molecule has 21 heavy (non-hydrogen) atoms. The molecule has 0 aromatic heterocycles. The smallest absolute Gasteiger partial charge is 0.274 e. The summed E-state index contributed by atoms with van der Waals surface area (Å²) in [5, 5.41) is 13.6. The van der Waals surface area contributed by atoms with E-state index in [4.69, 9.17) is 0 Å². The highest BCUT2D eigenvalue weighted by molar-refractivity contribution is 5.40. The molecule has 110 valence electrons. The summed E-state index contributed by atoms with van der Waals surface area (Å²) in [6.45, 7) is 0.0324. The third-order valence-electron chi connectivity index (χ3n) is 2.88. The van der Waals surface area contributed by atoms with Gasteiger partial charge in [-0.3, -0.25) is 10.1 Å². The molecule has 0 bridgehead atoms. The minimum Gasteiger partial charge on any atom is -0.308 e. The molecular formula is C14H11F3N2O2. The first-order valence-electron chi connectivity index (χ1n) is 6.05. The molecule has 0 saturated carbocycles. The van der Waals surface area contributed by atoms with Crippen LogP contribution < -0.4 is 5.32 Å². The topological polar surface area (TPSA) is 55.2 Å². The van der Waals surface area contributed by atoms with E-state index in [9.17, 15) is 23.3 Å². The lowest BCUT2D eigenvalue weighted by Gasteiger charge is -2.07. The number of nitrogens with zero attached hydrogens (tertiary/aromatic N) is 1. The van der Waals surface area contributed by atoms with E-state index in [1.165, 1.54) is 6.07 Å². The fraction of sp³-hybridized carbons (Fsp3) is 0.143. The van der Waals surface area contributed by atoms with E-state index >= 15 is 0 Å². The summed E-state index contributed by atoms with van der Waals surface area (Å²) in [4.78, 5) is 10.2. The van der Waals surface area contributed by atoms with Crippen molar-refractivity contribution in [1.82, 2.24) is 5.32 Å². The molecule has 0 heterocycles. The summed E-state index contributed by atoms with van der Waals surface area (Å²) in [5.74, 6) is -1.99. The summed E-state index contributed by atoms with van der Waals surface area (Å²) >= 11 is 0. The number of benzene rings is 2. The maximum Gasteiger partial charge on any atom is 0.274 e. The number of nitro benzene ring substituents is 1. The molecule has 0 atom stereocenters. The average molecular weight is 296 g/mol. The molecule has 0 amide bonds. The maximum absolute atomic E-state index is 13.4. The van der Waals surface area contributed by atoms with Crippen LogP contribution in [-0.4, -0.2) is 4.92 Å². The standard InChI is InChI=1S/C14H11F3N2O2/c15-11-3-4-14(19(20)21)10(5-11)8-18-7-9-1-2-12(16)6-13(9)17/h1-6,18H,7-8H2. The van der Waals surface area contributed by atoms with E-state index in [1.807, 2.05) is 0 Å². The normalized spacial score (nSPS) is 10.6. The summed E-state index contributed by atoms with van der Waals surface area (Å²) < 4.78 is 39.3. The third-order valence-corrected chi connectivity index (χ3v) is 2.88. The lowest BCUT2D eigenvalue weighted by atomic mass is 10.1. The van der Waals surface area contributed by atoms with Gasteiger partial charge < -0.3 is 5.32 Å². The summed E-state index contributed by atoms with van der Waals surface area (Å²) in [6, 6.07) is 6.27. The lowest BCUT2D eigenvalue weighted by Crippen LogP contribution is -2.15. The summed E-state index contributed by atoms with van der Waals surface area (Å²) in [7, 11) is 0. The predicted octanol–water partition coefficient (Wildman–Crippen LogP) is 3.30. The zero-order chi connectivity index (χ0) is 15.4. The SMILES string of the molecule is O=[N+]([O-])c1ccc(F)cc1CNCc1ccc(F)cc1F. The average Bonchev–Trinajstić information content (AvgIpc) is 2.41. The molecule has 0 radical (unpaired) electrons. The highest BCUT2D eigenvalue weighted by Gasteiger charge is 2.14. The van der Waals surface area contributed by atoms with Gasteiger partial charge in [0.05, 0.1) is 4.92 Å². The van der Waals surface area contributed by atoms with E-state index in [1.54, 1.807) is 0 Å². The Morgan fingerprint density at radius 1 is 0.952 bits per heavy atom. The van der Waals surface area contributed by atoms with E-state index in [0.717, 1.165) is 30.3 Å². The highest BCUT2D eigenvalue weighted by Crippen LogP contribution is 2.19. The zero-order valence-corrected chi connectivity index (χ0v) is 10.8. The summed E-state index contributed by atoms with van der Waals surface area (Å²) in [6.07, 6.45) is 0. The van der Waals surface area contributed by atoms with Crippen molar-refractivity contribution in [2.45, 2.75) is 13.1 Å². The Morgan fingerprint density at radius 2 is 1.57 bits per heavy atom. The van der Waals surface area contributed by atoms with Gasteiger partial charge in [-0.1, -0.05) is 6.07 Å². The van der Waals surface area contributed by atoms with Gasteiger partial charge in [0.25, 0.3) is 5.69 Å². The van der Waals surface area contributed by atoms with Gasteiger partial charge in [-0.15, -0.1) is 0 Å². The molecule has 0 unspecified atom stereocenters. The van der Waals surface area contributed by atoms with Gasteiger partial charge in [-0.05, 0) is 18.2 Å². The van der Waals surface area contributed by atoms with E-state index in [-0.39, 0.29) is 29.9 Å². The first-order chi connectivity index (χ1) is 9.97. The van der Waals surface area contributed by atoms with Crippen LogP contribution in [0.4, 0.5) is 18.9 Å². The zero-order valence-electron chi connectivity index (χ0n) is 10.8. The van der Waals surface area contributed by atoms with Crippen LogP contribution >= 0.6 is 0 Å². The Hall–Kier alpha value is -2.41. The number of nitrogens with one attached hydrogen (secondary N) is 1. The van der Waals surface area contributed by atoms with Crippen LogP contribution in [0.25, 0.3) is 0 Å². The van der Waals surface area contributed by atoms with Gasteiger partial charge in [0.1, 0.15) is 17.5 Å². The largest absolute Gasteiger partial charge is 0.308 e. The van der Waals surface area contributed by atoms with Crippen molar-refractivity contribution in [1.29, 1.82) is 0 Å². The van der Waals surface area contributed by atoms with Crippen molar-refractivity contribution in [3.05, 3.63) is 75.1 Å². The molecule has 4 nitrogen and oxygen atoms in total. The first kappa shape index (κ1) is 15.0. The second-order valence-electron chi connectivity index (χ2n) is 4.37. The molecule has 0 aliphatic carbocycles. The Bertz CT molecular complexity index is 677. The lowest BCUT2D eigenvalue weighted by molar-refractivity contribution is -0.385. The molecular weight excluding hydrogens is 285 g/mol. The fourth-order valence-corrected chi connectivity index (χ4v) is 1.87. The molecule has 0 aliphatic heterocycles. The fourth-order valence-electron chi connectivity index (χ4n) is 1.87. The van der Waals surface area contributed by atoms with Gasteiger partial charge >= 0.3 is 0 Å². The van der Waals surface area contributed by atoms with Crippen molar-refractivity contribution in [3.63, 3.8) is 0 Å². The molecule has 7 heteroatoms. The Morgan fingerprint density at radius 3 is 2.24 bits per heavy atom. The third kappa shape index (κ3) is 3.79. The van der Waals surface area contributed by atoms with Gasteiger partial charge in [0.2, 0.25) is 0 Å². The molecule has 0 spiro atoms. The van der Waals surface area contributed by atoms with Crippen molar-refractivity contribution in [2.24, 2.45) is 0 Å². The molecule has 2 aromatic carbocycles. The number of hydrogen-bond donors (Lipinski definition) is 1. The number of nitro groups is 1. The van der Waals surface area contributed by atoms with Crippen LogP contribution in [0.15, 0.2) is 36.4 Å². The number of hydrogen-bond acceptors (Lipinski definition) is 3. The van der Waals surface area contributed by atoms with Crippen molar-refractivity contribution >= 4 is 5.69 Å². The van der Waals surface area contributed by atoms with E-state index < -0.39 is 22.4 Å². The molecule has 0 fully saturated rings. The minimum absolute atomic E-state index is 0.00904.